The van der Waals surface area contributed by atoms with E-state index in [1.54, 1.807) is 0 Å². The molecule has 0 spiro atoms. The molecule has 4 heteroatoms. The van der Waals surface area contributed by atoms with Gasteiger partial charge in [-0.05, 0) is 146 Å². The summed E-state index contributed by atoms with van der Waals surface area (Å²) in [6.07, 6.45) is 9.46. The summed E-state index contributed by atoms with van der Waals surface area (Å²) in [6, 6.07) is 47.0. The Labute approximate surface area is 353 Å². The normalized spacial score (nSPS) is 24.8. The average Bonchev–Trinajstić information content (AvgIpc) is 3.68. The summed E-state index contributed by atoms with van der Waals surface area (Å²) in [7, 11) is 0. The van der Waals surface area contributed by atoms with Gasteiger partial charge in [0, 0.05) is 51.5 Å². The Balaban J connectivity index is 0.899. The molecule has 4 saturated carbocycles. The maximum atomic E-state index is 10.1. The van der Waals surface area contributed by atoms with Crippen LogP contribution in [0.5, 0.6) is 0 Å². The molecule has 0 radical (unpaired) electrons. The van der Waals surface area contributed by atoms with Gasteiger partial charge in [0.1, 0.15) is 11.2 Å². The molecule has 4 fully saturated rings. The number of hydrogen-bond donors (Lipinski definition) is 0. The van der Waals surface area contributed by atoms with Gasteiger partial charge < -0.3 is 4.42 Å². The number of pyridine rings is 3. The van der Waals surface area contributed by atoms with Crippen LogP contribution in [-0.4, -0.2) is 15.0 Å². The third kappa shape index (κ3) is 7.07. The van der Waals surface area contributed by atoms with Gasteiger partial charge in [0.2, 0.25) is 0 Å². The van der Waals surface area contributed by atoms with Crippen molar-refractivity contribution in [1.29, 1.82) is 0 Å². The highest BCUT2D eigenvalue weighted by molar-refractivity contribution is 6.09. The highest BCUT2D eigenvalue weighted by Crippen LogP contribution is 2.73. The Morgan fingerprint density at radius 1 is 0.492 bits per heavy atom. The van der Waals surface area contributed by atoms with Crippen molar-refractivity contribution in [3.05, 3.63) is 175 Å². The molecule has 4 heterocycles. The molecule has 292 valence electrons. The fraction of sp³-hybridized carbons (Fsp3) is 0.291. The van der Waals surface area contributed by atoms with E-state index in [9.17, 15) is 5.48 Å². The lowest BCUT2D eigenvalue weighted by Gasteiger charge is -2.67. The minimum Gasteiger partial charge on any atom is -0.455 e. The molecule has 4 bridgehead atoms. The van der Waals surface area contributed by atoms with E-state index in [2.05, 4.69) is 36.4 Å². The van der Waals surface area contributed by atoms with Crippen LogP contribution in [0.25, 0.3) is 55.7 Å². The second kappa shape index (κ2) is 14.7. The first-order valence-corrected chi connectivity index (χ1v) is 21.4. The minimum atomic E-state index is -1.58. The van der Waals surface area contributed by atoms with Crippen LogP contribution in [-0.2, 0) is 19.3 Å². The maximum Gasteiger partial charge on any atom is 0.144 e. The average molecular weight is 774 g/mol. The van der Waals surface area contributed by atoms with Gasteiger partial charge in [-0.25, -0.2) is 0 Å². The highest BCUT2D eigenvalue weighted by atomic mass is 16.3. The number of nitrogens with zero attached hydrogens (tertiary/aromatic N) is 3. The molecule has 4 aromatic heterocycles. The second-order valence-corrected chi connectivity index (χ2v) is 17.9. The van der Waals surface area contributed by atoms with Crippen molar-refractivity contribution in [2.45, 2.75) is 77.0 Å². The van der Waals surface area contributed by atoms with Crippen molar-refractivity contribution in [1.82, 2.24) is 15.0 Å². The SMILES string of the molecule is [2H]C([2H])(Cc1ccc(-c2ccccc2)nc1)C12CC3CC(CCc4ccc(-c5ccccc5)nc4)(C1)CC(C([2H])([2H])Cc1ccc(-c4cccc5c4oc4ccccc45)nc1)(C3)C2. The summed E-state index contributed by atoms with van der Waals surface area (Å²) in [5, 5.41) is 2.13. The zero-order chi connectivity index (χ0) is 42.9. The number of benzene rings is 4. The summed E-state index contributed by atoms with van der Waals surface area (Å²) in [5.41, 5.74) is 8.71. The van der Waals surface area contributed by atoms with E-state index >= 15 is 0 Å². The van der Waals surface area contributed by atoms with Crippen LogP contribution in [0.15, 0.2) is 163 Å². The van der Waals surface area contributed by atoms with E-state index < -0.39 is 23.6 Å². The molecule has 0 N–H and O–H groups in total. The lowest BCUT2D eigenvalue weighted by atomic mass is 9.37. The molecule has 4 nitrogen and oxygen atoms in total. The number of fused-ring (bicyclic) bond motifs is 3. The van der Waals surface area contributed by atoms with Crippen LogP contribution in [0.2, 0.25) is 0 Å². The number of aryl methyl sites for hydroxylation is 3. The topological polar surface area (TPSA) is 51.8 Å². The monoisotopic (exact) mass is 773 g/mol. The van der Waals surface area contributed by atoms with Crippen LogP contribution in [0.3, 0.4) is 0 Å². The first-order chi connectivity index (χ1) is 30.5. The van der Waals surface area contributed by atoms with Crippen molar-refractivity contribution in [2.75, 3.05) is 0 Å². The first-order valence-electron chi connectivity index (χ1n) is 23.4. The van der Waals surface area contributed by atoms with Gasteiger partial charge in [-0.15, -0.1) is 0 Å². The summed E-state index contributed by atoms with van der Waals surface area (Å²) >= 11 is 0. The van der Waals surface area contributed by atoms with Crippen molar-refractivity contribution in [2.24, 2.45) is 22.2 Å². The first kappa shape index (κ1) is 32.0. The van der Waals surface area contributed by atoms with Gasteiger partial charge in [0.05, 0.1) is 17.1 Å². The summed E-state index contributed by atoms with van der Waals surface area (Å²) in [6.45, 7) is 0. The molecule has 59 heavy (non-hydrogen) atoms. The van der Waals surface area contributed by atoms with Gasteiger partial charge >= 0.3 is 0 Å². The van der Waals surface area contributed by atoms with Gasteiger partial charge in [0.15, 0.2) is 0 Å². The Hall–Kier alpha value is -5.87. The summed E-state index contributed by atoms with van der Waals surface area (Å²) in [4.78, 5) is 14.6. The van der Waals surface area contributed by atoms with E-state index in [1.807, 2.05) is 122 Å². The van der Waals surface area contributed by atoms with Crippen LogP contribution in [0.4, 0.5) is 0 Å². The second-order valence-electron chi connectivity index (χ2n) is 17.9. The van der Waals surface area contributed by atoms with Crippen LogP contribution in [0.1, 0.15) is 79.9 Å². The third-order valence-corrected chi connectivity index (χ3v) is 13.8. The Morgan fingerprint density at radius 2 is 1.00 bits per heavy atom. The molecule has 4 aliphatic carbocycles. The molecule has 0 aliphatic heterocycles. The van der Waals surface area contributed by atoms with E-state index in [0.717, 1.165) is 112 Å². The molecule has 4 aromatic carbocycles. The molecule has 4 atom stereocenters. The van der Waals surface area contributed by atoms with E-state index in [0.29, 0.717) is 6.42 Å². The molecule has 8 aromatic rings. The molecule has 4 unspecified atom stereocenters. The van der Waals surface area contributed by atoms with Crippen molar-refractivity contribution < 1.29 is 9.90 Å². The van der Waals surface area contributed by atoms with E-state index in [4.69, 9.17) is 19.4 Å². The lowest BCUT2D eigenvalue weighted by molar-refractivity contribution is -0.166. The summed E-state index contributed by atoms with van der Waals surface area (Å²) in [5.74, 6) is 0.258. The van der Waals surface area contributed by atoms with Gasteiger partial charge in [0.25, 0.3) is 0 Å². The number of furan rings is 1. The van der Waals surface area contributed by atoms with E-state index in [1.165, 1.54) is 5.56 Å². The van der Waals surface area contributed by atoms with Gasteiger partial charge in [-0.1, -0.05) is 109 Å². The van der Waals surface area contributed by atoms with E-state index in [-0.39, 0.29) is 24.2 Å². The van der Waals surface area contributed by atoms with Crippen LogP contribution in [0, 0.1) is 22.2 Å². The molecule has 0 saturated heterocycles. The lowest BCUT2D eigenvalue weighted by Crippen LogP contribution is -2.57. The zero-order valence-electron chi connectivity index (χ0n) is 37.4. The summed E-state index contributed by atoms with van der Waals surface area (Å²) < 4.78 is 46.7. The number of para-hydroxylation sites is 2. The van der Waals surface area contributed by atoms with Crippen LogP contribution < -0.4 is 0 Å². The molecule has 4 aliphatic rings. The third-order valence-electron chi connectivity index (χ3n) is 13.8. The standard InChI is InChI=1S/C55H51N3O/c1-3-10-43(11-4-1)48-21-18-39(33-56-48)24-27-53-30-42-31-54(36-53,28-25-40-19-22-49(57-34-40)44-12-5-2-6-13-44)38-55(32-42,37-53)29-26-41-20-23-50(58-35-41)47-16-9-15-46-45-14-7-8-17-51(45)59-52(46)47/h1-23,33-35,42H,24-32,36-38H2/i27D2,29D2. The predicted octanol–water partition coefficient (Wildman–Crippen LogP) is 13.9. The number of hydrogen-bond acceptors (Lipinski definition) is 4. The molecule has 12 rings (SSSR count). The molecular formula is C55H51N3O. The Kier molecular flexibility index (Phi) is 8.01. The quantitative estimate of drug-likeness (QED) is 0.124. The minimum absolute atomic E-state index is 0.180. The molecular weight excluding hydrogens is 719 g/mol. The largest absolute Gasteiger partial charge is 0.455 e. The van der Waals surface area contributed by atoms with Crippen molar-refractivity contribution >= 4 is 21.9 Å². The number of aromatic nitrogens is 3. The Bertz CT molecular complexity index is 2920. The fourth-order valence-corrected chi connectivity index (χ4v) is 11.6. The highest BCUT2D eigenvalue weighted by Gasteiger charge is 2.62. The smallest absolute Gasteiger partial charge is 0.144 e. The maximum absolute atomic E-state index is 10.1. The van der Waals surface area contributed by atoms with Crippen LogP contribution >= 0.6 is 0 Å². The zero-order valence-corrected chi connectivity index (χ0v) is 33.4. The van der Waals surface area contributed by atoms with Gasteiger partial charge in [-0.3, -0.25) is 15.0 Å². The Morgan fingerprint density at radius 3 is 1.59 bits per heavy atom. The molecule has 0 amide bonds. The predicted molar refractivity (Wildman–Crippen MR) is 240 cm³/mol. The van der Waals surface area contributed by atoms with Crippen molar-refractivity contribution in [3.8, 4) is 33.8 Å². The number of rotatable bonds is 12. The fourth-order valence-electron chi connectivity index (χ4n) is 11.6. The van der Waals surface area contributed by atoms with Crippen molar-refractivity contribution in [3.63, 3.8) is 0 Å². The van der Waals surface area contributed by atoms with Gasteiger partial charge in [-0.2, -0.15) is 0 Å².